The molecule has 2 rings (SSSR count). The summed E-state index contributed by atoms with van der Waals surface area (Å²) >= 11 is 0. The maximum Gasteiger partial charge on any atom is 0.185 e. The van der Waals surface area contributed by atoms with E-state index < -0.39 is 27.2 Å². The number of carbonyl (C=O) groups is 1. The Balaban J connectivity index is 2.30. The first-order valence-electron chi connectivity index (χ1n) is 5.97. The van der Waals surface area contributed by atoms with Gasteiger partial charge in [-0.05, 0) is 36.8 Å². The fraction of sp³-hybridized carbons (Fsp3) is 0.133. The Morgan fingerprint density at radius 3 is 2.45 bits per heavy atom. The Hall–Kier alpha value is -2.01. The summed E-state index contributed by atoms with van der Waals surface area (Å²) in [6.45, 7) is 1.76. The molecule has 0 aromatic heterocycles. The van der Waals surface area contributed by atoms with Gasteiger partial charge in [-0.1, -0.05) is 24.3 Å². The maximum absolute atomic E-state index is 13.5. The summed E-state index contributed by atoms with van der Waals surface area (Å²) in [7, 11) is -3.76. The van der Waals surface area contributed by atoms with Gasteiger partial charge < -0.3 is 0 Å². The lowest BCUT2D eigenvalue weighted by atomic mass is 10.1. The monoisotopic (exact) mass is 292 g/mol. The van der Waals surface area contributed by atoms with Crippen LogP contribution in [-0.4, -0.2) is 20.0 Å². The smallest absolute Gasteiger partial charge is 0.185 e. The fourth-order valence-corrected chi connectivity index (χ4v) is 3.15. The second-order valence-corrected chi connectivity index (χ2v) is 6.47. The molecule has 0 saturated carbocycles. The van der Waals surface area contributed by atoms with Crippen molar-refractivity contribution in [1.82, 2.24) is 0 Å². The van der Waals surface area contributed by atoms with Gasteiger partial charge in [-0.25, -0.2) is 12.8 Å². The quantitative estimate of drug-likeness (QED) is 0.814. The second kappa shape index (κ2) is 5.54. The Morgan fingerprint density at radius 2 is 1.80 bits per heavy atom. The Labute approximate surface area is 117 Å². The van der Waals surface area contributed by atoms with Crippen molar-refractivity contribution in [2.24, 2.45) is 0 Å². The van der Waals surface area contributed by atoms with E-state index in [1.165, 1.54) is 30.3 Å². The third-order valence-electron chi connectivity index (χ3n) is 2.84. The van der Waals surface area contributed by atoms with Crippen LogP contribution < -0.4 is 0 Å². The molecule has 0 heterocycles. The van der Waals surface area contributed by atoms with Crippen LogP contribution in [0.4, 0.5) is 4.39 Å². The Bertz CT molecular complexity index is 751. The van der Waals surface area contributed by atoms with Crippen molar-refractivity contribution in [3.63, 3.8) is 0 Å². The zero-order valence-electron chi connectivity index (χ0n) is 10.8. The molecule has 104 valence electrons. The molecule has 20 heavy (non-hydrogen) atoms. The van der Waals surface area contributed by atoms with E-state index in [4.69, 9.17) is 0 Å². The standard InChI is InChI=1S/C15H13FO3S/c1-11-5-4-6-12(9-11)20(18,19)10-15(17)13-7-2-3-8-14(13)16/h2-9H,10H2,1H3. The van der Waals surface area contributed by atoms with Gasteiger partial charge in [0, 0.05) is 0 Å². The highest BCUT2D eigenvalue weighted by molar-refractivity contribution is 7.92. The van der Waals surface area contributed by atoms with E-state index in [-0.39, 0.29) is 10.5 Å². The van der Waals surface area contributed by atoms with Gasteiger partial charge in [0.2, 0.25) is 0 Å². The summed E-state index contributed by atoms with van der Waals surface area (Å²) in [5.74, 6) is -2.20. The SMILES string of the molecule is Cc1cccc(S(=O)(=O)CC(=O)c2ccccc2F)c1. The first kappa shape index (κ1) is 14.4. The molecule has 0 fully saturated rings. The third kappa shape index (κ3) is 3.11. The Morgan fingerprint density at radius 1 is 1.10 bits per heavy atom. The van der Waals surface area contributed by atoms with Gasteiger partial charge in [0.15, 0.2) is 15.6 Å². The van der Waals surface area contributed by atoms with Gasteiger partial charge in [0.05, 0.1) is 10.5 Å². The van der Waals surface area contributed by atoms with Gasteiger partial charge in [-0.15, -0.1) is 0 Å². The molecule has 0 atom stereocenters. The predicted octanol–water partition coefficient (Wildman–Crippen LogP) is 2.79. The summed E-state index contributed by atoms with van der Waals surface area (Å²) in [6, 6.07) is 11.6. The van der Waals surface area contributed by atoms with Crippen molar-refractivity contribution in [2.45, 2.75) is 11.8 Å². The number of halogens is 1. The molecule has 0 aliphatic heterocycles. The molecule has 2 aromatic rings. The first-order valence-corrected chi connectivity index (χ1v) is 7.62. The minimum atomic E-state index is -3.76. The van der Waals surface area contributed by atoms with Crippen molar-refractivity contribution in [3.8, 4) is 0 Å². The highest BCUT2D eigenvalue weighted by Gasteiger charge is 2.22. The van der Waals surface area contributed by atoms with E-state index in [1.54, 1.807) is 19.1 Å². The van der Waals surface area contributed by atoms with Crippen LogP contribution in [0.15, 0.2) is 53.4 Å². The Kier molecular flexibility index (Phi) is 3.99. The molecule has 0 aliphatic carbocycles. The second-order valence-electron chi connectivity index (χ2n) is 4.48. The molecule has 2 aromatic carbocycles. The number of sulfone groups is 1. The van der Waals surface area contributed by atoms with Gasteiger partial charge in [-0.3, -0.25) is 4.79 Å². The number of hydrogen-bond acceptors (Lipinski definition) is 3. The molecule has 0 N–H and O–H groups in total. The molecule has 0 radical (unpaired) electrons. The van der Waals surface area contributed by atoms with Crippen LogP contribution in [-0.2, 0) is 9.84 Å². The summed E-state index contributed by atoms with van der Waals surface area (Å²) < 4.78 is 37.7. The molecule has 0 spiro atoms. The molecular weight excluding hydrogens is 279 g/mol. The van der Waals surface area contributed by atoms with E-state index in [9.17, 15) is 17.6 Å². The van der Waals surface area contributed by atoms with Gasteiger partial charge in [-0.2, -0.15) is 0 Å². The fourth-order valence-electron chi connectivity index (χ4n) is 1.83. The highest BCUT2D eigenvalue weighted by Crippen LogP contribution is 2.15. The van der Waals surface area contributed by atoms with Gasteiger partial charge >= 0.3 is 0 Å². The minimum absolute atomic E-state index is 0.0715. The number of rotatable bonds is 4. The van der Waals surface area contributed by atoms with Crippen LogP contribution in [0.25, 0.3) is 0 Å². The largest absolute Gasteiger partial charge is 0.293 e. The van der Waals surface area contributed by atoms with Crippen molar-refractivity contribution < 1.29 is 17.6 Å². The van der Waals surface area contributed by atoms with E-state index >= 15 is 0 Å². The van der Waals surface area contributed by atoms with Gasteiger partial charge in [0.25, 0.3) is 0 Å². The lowest BCUT2D eigenvalue weighted by Crippen LogP contribution is -2.17. The number of Topliss-reactive ketones (excluding diaryl/α,β-unsaturated/α-hetero) is 1. The molecule has 0 aliphatic rings. The summed E-state index contributed by atoms with van der Waals surface area (Å²) in [5, 5.41) is 0. The van der Waals surface area contributed by atoms with Crippen molar-refractivity contribution in [1.29, 1.82) is 0 Å². The number of hydrogen-bond donors (Lipinski definition) is 0. The van der Waals surface area contributed by atoms with Crippen LogP contribution in [0.5, 0.6) is 0 Å². The molecule has 0 saturated heterocycles. The van der Waals surface area contributed by atoms with Crippen molar-refractivity contribution in [2.75, 3.05) is 5.75 Å². The lowest BCUT2D eigenvalue weighted by molar-refractivity contribution is 0.101. The average molecular weight is 292 g/mol. The summed E-state index contributed by atoms with van der Waals surface area (Å²) in [6.07, 6.45) is 0. The van der Waals surface area contributed by atoms with Gasteiger partial charge in [0.1, 0.15) is 11.6 Å². The topological polar surface area (TPSA) is 51.2 Å². The molecular formula is C15H13FO3S. The third-order valence-corrected chi connectivity index (χ3v) is 4.46. The lowest BCUT2D eigenvalue weighted by Gasteiger charge is -2.05. The molecule has 5 heteroatoms. The van der Waals surface area contributed by atoms with Crippen LogP contribution >= 0.6 is 0 Å². The summed E-state index contributed by atoms with van der Waals surface area (Å²) in [4.78, 5) is 12.0. The van der Waals surface area contributed by atoms with E-state index in [2.05, 4.69) is 0 Å². The van der Waals surface area contributed by atoms with Crippen LogP contribution in [0.3, 0.4) is 0 Å². The molecule has 0 bridgehead atoms. The number of benzene rings is 2. The van der Waals surface area contributed by atoms with Crippen molar-refractivity contribution in [3.05, 3.63) is 65.5 Å². The van der Waals surface area contributed by atoms with E-state index in [1.807, 2.05) is 0 Å². The van der Waals surface area contributed by atoms with Crippen LogP contribution in [0.2, 0.25) is 0 Å². The first-order chi connectivity index (χ1) is 9.40. The molecule has 3 nitrogen and oxygen atoms in total. The predicted molar refractivity (Wildman–Crippen MR) is 74.0 cm³/mol. The molecule has 0 unspecified atom stereocenters. The minimum Gasteiger partial charge on any atom is -0.293 e. The zero-order chi connectivity index (χ0) is 14.8. The molecule has 0 amide bonds. The zero-order valence-corrected chi connectivity index (χ0v) is 11.7. The van der Waals surface area contributed by atoms with Crippen LogP contribution in [0.1, 0.15) is 15.9 Å². The summed E-state index contributed by atoms with van der Waals surface area (Å²) in [5.41, 5.74) is 0.577. The van der Waals surface area contributed by atoms with Crippen LogP contribution in [0, 0.1) is 12.7 Å². The average Bonchev–Trinajstić information content (AvgIpc) is 2.38. The number of aryl methyl sites for hydroxylation is 1. The normalized spacial score (nSPS) is 11.3. The number of carbonyl (C=O) groups excluding carboxylic acids is 1. The number of ketones is 1. The maximum atomic E-state index is 13.5. The highest BCUT2D eigenvalue weighted by atomic mass is 32.2. The van der Waals surface area contributed by atoms with Crippen molar-refractivity contribution >= 4 is 15.6 Å². The van der Waals surface area contributed by atoms with E-state index in [0.29, 0.717) is 0 Å². The van der Waals surface area contributed by atoms with E-state index in [0.717, 1.165) is 11.6 Å².